The van der Waals surface area contributed by atoms with Crippen molar-refractivity contribution in [2.75, 3.05) is 19.5 Å². The largest absolute Gasteiger partial charge is 0.469 e. The monoisotopic (exact) mass is 293 g/mol. The third-order valence-electron chi connectivity index (χ3n) is 3.67. The third kappa shape index (κ3) is 3.90. The summed E-state index contributed by atoms with van der Waals surface area (Å²) < 4.78 is 9.33. The highest BCUT2D eigenvalue weighted by molar-refractivity contribution is 5.86. The number of carbonyl (C=O) groups excluding carboxylic acids is 2. The van der Waals surface area contributed by atoms with Crippen molar-refractivity contribution in [1.29, 1.82) is 0 Å². The summed E-state index contributed by atoms with van der Waals surface area (Å²) in [6.45, 7) is 0. The lowest BCUT2D eigenvalue weighted by atomic mass is 9.86. The molecule has 114 valence electrons. The fraction of sp³-hybridized carbons (Fsp3) is 0.571. The standard InChI is InChI=1S/C14H19N3O4/c1-20-13(18)9-3-5-10(6-4-9)15-12-8-7-11(16-17-12)14(19)21-2/h7-10H,3-6H2,1-2H3,(H,15,17). The number of carbonyl (C=O) groups is 2. The first-order chi connectivity index (χ1) is 10.1. The summed E-state index contributed by atoms with van der Waals surface area (Å²) in [7, 11) is 2.72. The van der Waals surface area contributed by atoms with Crippen molar-refractivity contribution in [3.8, 4) is 0 Å². The van der Waals surface area contributed by atoms with Gasteiger partial charge in [-0.25, -0.2) is 4.79 Å². The van der Waals surface area contributed by atoms with E-state index in [-0.39, 0.29) is 23.6 Å². The lowest BCUT2D eigenvalue weighted by molar-refractivity contribution is -0.146. The summed E-state index contributed by atoms with van der Waals surface area (Å²) in [5, 5.41) is 11.0. The van der Waals surface area contributed by atoms with Gasteiger partial charge in [0.05, 0.1) is 20.1 Å². The van der Waals surface area contributed by atoms with E-state index in [9.17, 15) is 9.59 Å². The zero-order valence-corrected chi connectivity index (χ0v) is 12.2. The second-order valence-electron chi connectivity index (χ2n) is 5.01. The molecular weight excluding hydrogens is 274 g/mol. The Hall–Kier alpha value is -2.18. The zero-order valence-electron chi connectivity index (χ0n) is 12.2. The van der Waals surface area contributed by atoms with E-state index in [1.165, 1.54) is 14.2 Å². The molecule has 1 aromatic rings. The van der Waals surface area contributed by atoms with Gasteiger partial charge in [0.2, 0.25) is 0 Å². The minimum absolute atomic E-state index is 0.000773. The highest BCUT2D eigenvalue weighted by atomic mass is 16.5. The summed E-state index contributed by atoms with van der Waals surface area (Å²) >= 11 is 0. The molecule has 1 fully saturated rings. The van der Waals surface area contributed by atoms with Gasteiger partial charge in [-0.1, -0.05) is 0 Å². The number of methoxy groups -OCH3 is 2. The Morgan fingerprint density at radius 3 is 2.33 bits per heavy atom. The van der Waals surface area contributed by atoms with Crippen molar-refractivity contribution in [2.45, 2.75) is 31.7 Å². The maximum absolute atomic E-state index is 11.5. The topological polar surface area (TPSA) is 90.4 Å². The highest BCUT2D eigenvalue weighted by Gasteiger charge is 2.27. The van der Waals surface area contributed by atoms with Crippen molar-refractivity contribution < 1.29 is 19.1 Å². The highest BCUT2D eigenvalue weighted by Crippen LogP contribution is 2.26. The molecule has 0 spiro atoms. The van der Waals surface area contributed by atoms with Gasteiger partial charge in [0.15, 0.2) is 5.69 Å². The van der Waals surface area contributed by atoms with Gasteiger partial charge < -0.3 is 14.8 Å². The normalized spacial score (nSPS) is 21.4. The summed E-state index contributed by atoms with van der Waals surface area (Å²) in [5.74, 6) is -0.0201. The minimum Gasteiger partial charge on any atom is -0.469 e. The molecule has 0 saturated heterocycles. The molecule has 2 rings (SSSR count). The molecule has 1 saturated carbocycles. The third-order valence-corrected chi connectivity index (χ3v) is 3.67. The number of nitrogens with zero attached hydrogens (tertiary/aromatic N) is 2. The van der Waals surface area contributed by atoms with Gasteiger partial charge in [-0.2, -0.15) is 0 Å². The van der Waals surface area contributed by atoms with E-state index in [2.05, 4.69) is 20.3 Å². The lowest BCUT2D eigenvalue weighted by Gasteiger charge is -2.27. The van der Waals surface area contributed by atoms with E-state index in [1.807, 2.05) is 0 Å². The number of rotatable bonds is 4. The van der Waals surface area contributed by atoms with Gasteiger partial charge in [0.1, 0.15) is 5.82 Å². The predicted molar refractivity (Wildman–Crippen MR) is 74.8 cm³/mol. The van der Waals surface area contributed by atoms with Gasteiger partial charge >= 0.3 is 11.9 Å². The lowest BCUT2D eigenvalue weighted by Crippen LogP contribution is -2.30. The summed E-state index contributed by atoms with van der Waals surface area (Å²) in [6, 6.07) is 3.52. The molecule has 0 bridgehead atoms. The van der Waals surface area contributed by atoms with E-state index in [0.717, 1.165) is 25.7 Å². The number of anilines is 1. The number of aromatic nitrogens is 2. The smallest absolute Gasteiger partial charge is 0.358 e. The molecule has 1 N–H and O–H groups in total. The van der Waals surface area contributed by atoms with Crippen LogP contribution in [0, 0.1) is 5.92 Å². The molecule has 0 aromatic carbocycles. The van der Waals surface area contributed by atoms with E-state index in [4.69, 9.17) is 4.74 Å². The number of ether oxygens (including phenoxy) is 2. The Morgan fingerprint density at radius 1 is 1.10 bits per heavy atom. The number of hydrogen-bond donors (Lipinski definition) is 1. The van der Waals surface area contributed by atoms with Crippen molar-refractivity contribution in [2.24, 2.45) is 5.92 Å². The van der Waals surface area contributed by atoms with Crippen LogP contribution >= 0.6 is 0 Å². The van der Waals surface area contributed by atoms with Crippen LogP contribution in [-0.2, 0) is 14.3 Å². The Labute approximate surface area is 123 Å². The van der Waals surface area contributed by atoms with Crippen LogP contribution in [-0.4, -0.2) is 42.4 Å². The minimum atomic E-state index is -0.507. The summed E-state index contributed by atoms with van der Waals surface area (Å²) in [4.78, 5) is 22.7. The second kappa shape index (κ2) is 7.01. The Bertz CT molecular complexity index is 495. The summed E-state index contributed by atoms with van der Waals surface area (Å²) in [6.07, 6.45) is 3.36. The Kier molecular flexibility index (Phi) is 5.08. The van der Waals surface area contributed by atoms with Crippen molar-refractivity contribution in [3.63, 3.8) is 0 Å². The van der Waals surface area contributed by atoms with E-state index < -0.39 is 5.97 Å². The van der Waals surface area contributed by atoms with Crippen molar-refractivity contribution >= 4 is 17.8 Å². The molecule has 1 aliphatic rings. The van der Waals surface area contributed by atoms with Crippen LogP contribution < -0.4 is 5.32 Å². The van der Waals surface area contributed by atoms with Crippen LogP contribution in [0.4, 0.5) is 5.82 Å². The predicted octanol–water partition coefficient (Wildman–Crippen LogP) is 1.41. The second-order valence-corrected chi connectivity index (χ2v) is 5.01. The first-order valence-corrected chi connectivity index (χ1v) is 6.90. The average Bonchev–Trinajstić information content (AvgIpc) is 2.55. The number of hydrogen-bond acceptors (Lipinski definition) is 7. The van der Waals surface area contributed by atoms with E-state index in [0.29, 0.717) is 5.82 Å². The first-order valence-electron chi connectivity index (χ1n) is 6.90. The maximum Gasteiger partial charge on any atom is 0.358 e. The maximum atomic E-state index is 11.5. The molecule has 0 radical (unpaired) electrons. The van der Waals surface area contributed by atoms with Crippen LogP contribution in [0.15, 0.2) is 12.1 Å². The SMILES string of the molecule is COC(=O)c1ccc(NC2CCC(C(=O)OC)CC2)nn1. The summed E-state index contributed by atoms with van der Waals surface area (Å²) in [5.41, 5.74) is 0.178. The Morgan fingerprint density at radius 2 is 1.81 bits per heavy atom. The average molecular weight is 293 g/mol. The molecule has 1 heterocycles. The molecule has 0 aliphatic heterocycles. The van der Waals surface area contributed by atoms with Gasteiger partial charge in [-0.05, 0) is 37.8 Å². The van der Waals surface area contributed by atoms with Crippen LogP contribution in [0.25, 0.3) is 0 Å². The fourth-order valence-corrected chi connectivity index (χ4v) is 2.47. The fourth-order valence-electron chi connectivity index (χ4n) is 2.47. The Balaban J connectivity index is 1.86. The first kappa shape index (κ1) is 15.2. The quantitative estimate of drug-likeness (QED) is 0.839. The van der Waals surface area contributed by atoms with Crippen molar-refractivity contribution in [3.05, 3.63) is 17.8 Å². The van der Waals surface area contributed by atoms with E-state index >= 15 is 0 Å². The molecule has 7 heteroatoms. The zero-order chi connectivity index (χ0) is 15.2. The van der Waals surface area contributed by atoms with Crippen LogP contribution in [0.3, 0.4) is 0 Å². The van der Waals surface area contributed by atoms with Gasteiger partial charge in [-0.3, -0.25) is 4.79 Å². The number of nitrogens with one attached hydrogen (secondary N) is 1. The van der Waals surface area contributed by atoms with E-state index in [1.54, 1.807) is 12.1 Å². The van der Waals surface area contributed by atoms with Gasteiger partial charge in [-0.15, -0.1) is 10.2 Å². The molecule has 0 unspecified atom stereocenters. The molecular formula is C14H19N3O4. The van der Waals surface area contributed by atoms with Crippen LogP contribution in [0.2, 0.25) is 0 Å². The molecule has 21 heavy (non-hydrogen) atoms. The van der Waals surface area contributed by atoms with Crippen LogP contribution in [0.1, 0.15) is 36.2 Å². The van der Waals surface area contributed by atoms with Gasteiger partial charge in [0, 0.05) is 6.04 Å². The molecule has 7 nitrogen and oxygen atoms in total. The molecule has 1 aliphatic carbocycles. The number of esters is 2. The van der Waals surface area contributed by atoms with Crippen molar-refractivity contribution in [1.82, 2.24) is 10.2 Å². The molecule has 1 aromatic heterocycles. The molecule has 0 amide bonds. The van der Waals surface area contributed by atoms with Crippen LogP contribution in [0.5, 0.6) is 0 Å². The van der Waals surface area contributed by atoms with Gasteiger partial charge in [0.25, 0.3) is 0 Å². The molecule has 0 atom stereocenters.